The summed E-state index contributed by atoms with van der Waals surface area (Å²) in [5.74, 6) is -0.443. The lowest BCUT2D eigenvalue weighted by Crippen LogP contribution is -2.10. The summed E-state index contributed by atoms with van der Waals surface area (Å²) in [6.45, 7) is 5.85. The van der Waals surface area contributed by atoms with Crippen LogP contribution in [0.15, 0.2) is 71.2 Å². The van der Waals surface area contributed by atoms with Crippen LogP contribution >= 0.6 is 11.6 Å². The van der Waals surface area contributed by atoms with Crippen molar-refractivity contribution in [3.05, 3.63) is 78.1 Å². The van der Waals surface area contributed by atoms with Gasteiger partial charge < -0.3 is 5.32 Å². The monoisotopic (exact) mass is 369 g/mol. The molecule has 7 heteroatoms. The summed E-state index contributed by atoms with van der Waals surface area (Å²) >= 11 is 5.91. The molecule has 0 amide bonds. The molecule has 0 saturated heterocycles. The van der Waals surface area contributed by atoms with E-state index in [1.165, 1.54) is 6.21 Å². The van der Waals surface area contributed by atoms with Crippen molar-refractivity contribution in [2.24, 2.45) is 10.1 Å². The van der Waals surface area contributed by atoms with Crippen LogP contribution in [0.3, 0.4) is 0 Å². The first-order chi connectivity index (χ1) is 12.5. The van der Waals surface area contributed by atoms with E-state index in [1.807, 2.05) is 37.3 Å². The summed E-state index contributed by atoms with van der Waals surface area (Å²) < 4.78 is 14.3. The van der Waals surface area contributed by atoms with Gasteiger partial charge in [0.2, 0.25) is 0 Å². The highest BCUT2D eigenvalue weighted by Gasteiger charge is 2.14. The van der Waals surface area contributed by atoms with Crippen molar-refractivity contribution < 1.29 is 4.39 Å². The maximum absolute atomic E-state index is 14.3. The molecule has 0 radical (unpaired) electrons. The SMILES string of the molecule is C=C1N=C(Cl)/C=N\NC=C1c1cc(N[C@@H](C)c2ccccc2)c(F)cn1. The number of hydrazone groups is 1. The first-order valence-corrected chi connectivity index (χ1v) is 8.32. The van der Waals surface area contributed by atoms with Crippen molar-refractivity contribution in [1.29, 1.82) is 0 Å². The number of nitrogens with zero attached hydrogens (tertiary/aromatic N) is 3. The van der Waals surface area contributed by atoms with E-state index in [2.05, 4.69) is 32.4 Å². The minimum Gasteiger partial charge on any atom is -0.376 e. The first kappa shape index (κ1) is 17.8. The van der Waals surface area contributed by atoms with Crippen molar-refractivity contribution in [2.75, 3.05) is 5.32 Å². The average molecular weight is 370 g/mol. The average Bonchev–Trinajstić information content (AvgIpc) is 2.63. The third-order valence-electron chi connectivity index (χ3n) is 3.81. The van der Waals surface area contributed by atoms with Crippen molar-refractivity contribution in [1.82, 2.24) is 10.4 Å². The van der Waals surface area contributed by atoms with Crippen molar-refractivity contribution in [3.8, 4) is 0 Å². The van der Waals surface area contributed by atoms with E-state index in [0.717, 1.165) is 11.8 Å². The predicted molar refractivity (Wildman–Crippen MR) is 105 cm³/mol. The van der Waals surface area contributed by atoms with Crippen LogP contribution in [-0.2, 0) is 0 Å². The number of aromatic nitrogens is 1. The van der Waals surface area contributed by atoms with Gasteiger partial charge in [0.05, 0.1) is 29.5 Å². The third-order valence-corrected chi connectivity index (χ3v) is 3.99. The summed E-state index contributed by atoms with van der Waals surface area (Å²) in [5.41, 5.74) is 5.57. The van der Waals surface area contributed by atoms with Crippen LogP contribution in [0.2, 0.25) is 0 Å². The van der Waals surface area contributed by atoms with Gasteiger partial charge in [0, 0.05) is 17.8 Å². The number of aliphatic imine (C=N–C) groups is 1. The van der Waals surface area contributed by atoms with E-state index in [4.69, 9.17) is 11.6 Å². The molecule has 2 N–H and O–H groups in total. The van der Waals surface area contributed by atoms with Gasteiger partial charge in [-0.3, -0.25) is 10.4 Å². The Morgan fingerprint density at radius 3 is 2.81 bits per heavy atom. The Morgan fingerprint density at radius 1 is 1.27 bits per heavy atom. The summed E-state index contributed by atoms with van der Waals surface area (Å²) in [4.78, 5) is 8.27. The Morgan fingerprint density at radius 2 is 2.04 bits per heavy atom. The fourth-order valence-electron chi connectivity index (χ4n) is 2.47. The Hall–Kier alpha value is -2.99. The molecule has 26 heavy (non-hydrogen) atoms. The van der Waals surface area contributed by atoms with E-state index < -0.39 is 5.82 Å². The summed E-state index contributed by atoms with van der Waals surface area (Å²) in [6.07, 6.45) is 4.12. The van der Waals surface area contributed by atoms with Gasteiger partial charge in [-0.25, -0.2) is 9.38 Å². The maximum atomic E-state index is 14.3. The van der Waals surface area contributed by atoms with E-state index >= 15 is 0 Å². The van der Waals surface area contributed by atoms with Gasteiger partial charge in [0.25, 0.3) is 0 Å². The van der Waals surface area contributed by atoms with Gasteiger partial charge in [0.15, 0.2) is 5.82 Å². The van der Waals surface area contributed by atoms with E-state index in [1.54, 1.807) is 12.3 Å². The molecule has 2 aromatic rings. The zero-order chi connectivity index (χ0) is 18.5. The molecule has 2 heterocycles. The van der Waals surface area contributed by atoms with Crippen LogP contribution < -0.4 is 10.7 Å². The van der Waals surface area contributed by atoms with Crippen molar-refractivity contribution in [2.45, 2.75) is 13.0 Å². The van der Waals surface area contributed by atoms with Gasteiger partial charge in [0.1, 0.15) is 5.17 Å². The largest absolute Gasteiger partial charge is 0.376 e. The molecule has 1 atom stereocenters. The number of rotatable bonds is 4. The minimum atomic E-state index is -0.443. The highest BCUT2D eigenvalue weighted by molar-refractivity contribution is 6.80. The number of hydrogen-bond donors (Lipinski definition) is 2. The van der Waals surface area contributed by atoms with E-state index in [9.17, 15) is 4.39 Å². The van der Waals surface area contributed by atoms with Crippen molar-refractivity contribution >= 4 is 34.2 Å². The molecule has 0 saturated carbocycles. The molecular formula is C19H17ClFN5. The highest BCUT2D eigenvalue weighted by atomic mass is 35.5. The maximum Gasteiger partial charge on any atom is 0.164 e. The van der Waals surface area contributed by atoms with Crippen LogP contribution in [-0.4, -0.2) is 16.4 Å². The quantitative estimate of drug-likeness (QED) is 0.835. The molecule has 0 bridgehead atoms. The Balaban J connectivity index is 1.90. The standard InChI is InChI=1S/C19H17ClFN5/c1-12(14-6-4-3-5-7-14)25-18-8-17(22-10-16(18)21)15-9-23-24-11-19(20)26-13(15)2/h3-12,23H,2H2,1H3,(H,22,25)/b15-9?,24-11-,26-19?/t12-/m0/s1. The Bertz CT molecular complexity index is 905. The van der Waals surface area contributed by atoms with Gasteiger partial charge in [-0.15, -0.1) is 0 Å². The van der Waals surface area contributed by atoms with Crippen LogP contribution in [0.5, 0.6) is 0 Å². The molecule has 0 aliphatic carbocycles. The van der Waals surface area contributed by atoms with Crippen LogP contribution in [0.25, 0.3) is 5.57 Å². The fraction of sp³-hybridized carbons (Fsp3) is 0.105. The number of halogens is 2. The zero-order valence-electron chi connectivity index (χ0n) is 14.1. The number of pyridine rings is 1. The number of hydrogen-bond acceptors (Lipinski definition) is 5. The summed E-state index contributed by atoms with van der Waals surface area (Å²) in [5, 5.41) is 7.24. The van der Waals surface area contributed by atoms with Crippen LogP contribution in [0.4, 0.5) is 10.1 Å². The number of nitrogens with one attached hydrogen (secondary N) is 2. The lowest BCUT2D eigenvalue weighted by Gasteiger charge is -2.17. The second-order valence-corrected chi connectivity index (χ2v) is 6.04. The Kier molecular flexibility index (Phi) is 5.43. The molecule has 1 aromatic carbocycles. The van der Waals surface area contributed by atoms with Gasteiger partial charge in [-0.1, -0.05) is 48.5 Å². The second kappa shape index (κ2) is 7.93. The number of benzene rings is 1. The lowest BCUT2D eigenvalue weighted by molar-refractivity contribution is 0.621. The summed E-state index contributed by atoms with van der Waals surface area (Å²) in [7, 11) is 0. The van der Waals surface area contributed by atoms with E-state index in [-0.39, 0.29) is 11.2 Å². The van der Waals surface area contributed by atoms with Gasteiger partial charge in [-0.05, 0) is 18.6 Å². The van der Waals surface area contributed by atoms with Crippen LogP contribution in [0, 0.1) is 5.82 Å². The molecule has 3 rings (SSSR count). The number of anilines is 1. The fourth-order valence-corrected chi connectivity index (χ4v) is 2.62. The topological polar surface area (TPSA) is 61.7 Å². The third kappa shape index (κ3) is 4.15. The van der Waals surface area contributed by atoms with Gasteiger partial charge >= 0.3 is 0 Å². The van der Waals surface area contributed by atoms with Gasteiger partial charge in [-0.2, -0.15) is 5.10 Å². The predicted octanol–water partition coefficient (Wildman–Crippen LogP) is 4.47. The first-order valence-electron chi connectivity index (χ1n) is 7.94. The molecule has 0 spiro atoms. The van der Waals surface area contributed by atoms with Crippen molar-refractivity contribution in [3.63, 3.8) is 0 Å². The highest BCUT2D eigenvalue weighted by Crippen LogP contribution is 2.27. The summed E-state index contributed by atoms with van der Waals surface area (Å²) in [6, 6.07) is 11.3. The smallest absolute Gasteiger partial charge is 0.164 e. The molecular weight excluding hydrogens is 353 g/mol. The van der Waals surface area contributed by atoms with Crippen LogP contribution in [0.1, 0.15) is 24.2 Å². The molecule has 0 unspecified atom stereocenters. The minimum absolute atomic E-state index is 0.0781. The second-order valence-electron chi connectivity index (χ2n) is 5.65. The Labute approximate surface area is 156 Å². The zero-order valence-corrected chi connectivity index (χ0v) is 14.8. The molecule has 132 valence electrons. The normalized spacial score (nSPS) is 16.5. The molecule has 1 aliphatic heterocycles. The lowest BCUT2D eigenvalue weighted by atomic mass is 10.1. The van der Waals surface area contributed by atoms with E-state index in [0.29, 0.717) is 22.7 Å². The molecule has 1 aromatic heterocycles. The molecule has 0 fully saturated rings. The number of allylic oxidation sites excluding steroid dienone is 1. The molecule has 1 aliphatic rings. The molecule has 5 nitrogen and oxygen atoms in total.